The Morgan fingerprint density at radius 2 is 1.50 bits per heavy atom. The van der Waals surface area contributed by atoms with Crippen molar-refractivity contribution in [3.8, 4) is 0 Å². The number of carbonyl (C=O) groups excluding carboxylic acids is 2. The summed E-state index contributed by atoms with van der Waals surface area (Å²) in [6.07, 6.45) is 0.127. The lowest BCUT2D eigenvalue weighted by atomic mass is 9.81. The maximum Gasteiger partial charge on any atom is 0.163 e. The summed E-state index contributed by atoms with van der Waals surface area (Å²) in [6, 6.07) is 18.1. The van der Waals surface area contributed by atoms with Gasteiger partial charge in [-0.05, 0) is 5.56 Å². The van der Waals surface area contributed by atoms with E-state index in [1.165, 1.54) is 0 Å². The molecule has 0 aliphatic heterocycles. The molecule has 2 atom stereocenters. The maximum absolute atomic E-state index is 12.4. The van der Waals surface area contributed by atoms with Crippen LogP contribution >= 0.6 is 0 Å². The molecule has 0 unspecified atom stereocenters. The first-order valence-electron chi connectivity index (χ1n) is 7.26. The SMILES string of the molecule is [NH3+]C[C@@H](C(=O)[O-])[C@H](CC(=O)c1ccccc1)c1ccccc1. The van der Waals surface area contributed by atoms with Gasteiger partial charge in [-0.1, -0.05) is 60.7 Å². The van der Waals surface area contributed by atoms with E-state index in [4.69, 9.17) is 0 Å². The molecule has 0 bridgehead atoms. The molecule has 22 heavy (non-hydrogen) atoms. The Morgan fingerprint density at radius 1 is 0.955 bits per heavy atom. The van der Waals surface area contributed by atoms with Crippen LogP contribution in [0.25, 0.3) is 0 Å². The molecule has 0 aromatic heterocycles. The van der Waals surface area contributed by atoms with E-state index in [0.717, 1.165) is 5.56 Å². The fraction of sp³-hybridized carbons (Fsp3) is 0.222. The van der Waals surface area contributed by atoms with E-state index in [1.807, 2.05) is 36.4 Å². The van der Waals surface area contributed by atoms with Crippen LogP contribution in [0.5, 0.6) is 0 Å². The van der Waals surface area contributed by atoms with Crippen LogP contribution in [-0.2, 0) is 4.79 Å². The fourth-order valence-corrected chi connectivity index (χ4v) is 2.62. The van der Waals surface area contributed by atoms with Gasteiger partial charge in [0.05, 0.1) is 18.4 Å². The van der Waals surface area contributed by atoms with Crippen molar-refractivity contribution in [2.75, 3.05) is 6.54 Å². The molecule has 0 saturated carbocycles. The highest BCUT2D eigenvalue weighted by atomic mass is 16.4. The molecule has 4 nitrogen and oxygen atoms in total. The Balaban J connectivity index is 2.29. The van der Waals surface area contributed by atoms with Crippen molar-refractivity contribution in [3.05, 3.63) is 71.8 Å². The second-order valence-corrected chi connectivity index (χ2v) is 5.22. The van der Waals surface area contributed by atoms with Crippen molar-refractivity contribution in [2.24, 2.45) is 5.92 Å². The third kappa shape index (κ3) is 3.80. The van der Waals surface area contributed by atoms with Crippen LogP contribution in [0, 0.1) is 5.92 Å². The molecule has 0 spiro atoms. The molecular formula is C18H19NO3. The molecule has 0 saturated heterocycles. The Bertz CT molecular complexity index is 625. The molecule has 0 radical (unpaired) electrons. The lowest BCUT2D eigenvalue weighted by molar-refractivity contribution is -0.388. The van der Waals surface area contributed by atoms with Gasteiger partial charge in [-0.3, -0.25) is 4.79 Å². The molecular weight excluding hydrogens is 278 g/mol. The van der Waals surface area contributed by atoms with E-state index in [-0.39, 0.29) is 18.7 Å². The molecule has 3 N–H and O–H groups in total. The summed E-state index contributed by atoms with van der Waals surface area (Å²) in [4.78, 5) is 23.8. The Labute approximate surface area is 129 Å². The van der Waals surface area contributed by atoms with Crippen molar-refractivity contribution in [1.29, 1.82) is 0 Å². The van der Waals surface area contributed by atoms with Gasteiger partial charge in [0.25, 0.3) is 0 Å². The zero-order valence-electron chi connectivity index (χ0n) is 12.3. The molecule has 0 aliphatic rings. The summed E-state index contributed by atoms with van der Waals surface area (Å²) in [5.74, 6) is -2.45. The highest BCUT2D eigenvalue weighted by Gasteiger charge is 2.27. The minimum Gasteiger partial charge on any atom is -0.550 e. The molecule has 0 heterocycles. The van der Waals surface area contributed by atoms with Crippen molar-refractivity contribution in [2.45, 2.75) is 12.3 Å². The minimum atomic E-state index is -1.16. The highest BCUT2D eigenvalue weighted by Crippen LogP contribution is 2.29. The van der Waals surface area contributed by atoms with Gasteiger partial charge in [0.15, 0.2) is 5.78 Å². The van der Waals surface area contributed by atoms with E-state index in [0.29, 0.717) is 5.56 Å². The Hall–Kier alpha value is -2.46. The molecule has 2 aromatic carbocycles. The van der Waals surface area contributed by atoms with Gasteiger partial charge in [0, 0.05) is 17.9 Å². The summed E-state index contributed by atoms with van der Waals surface area (Å²) in [5, 5.41) is 11.4. The maximum atomic E-state index is 12.4. The van der Waals surface area contributed by atoms with Gasteiger partial charge in [-0.2, -0.15) is 0 Å². The first-order valence-corrected chi connectivity index (χ1v) is 7.26. The Kier molecular flexibility index (Phi) is 5.44. The van der Waals surface area contributed by atoms with E-state index in [1.54, 1.807) is 24.3 Å². The van der Waals surface area contributed by atoms with Crippen LogP contribution < -0.4 is 10.8 Å². The molecule has 2 aromatic rings. The average molecular weight is 297 g/mol. The fourth-order valence-electron chi connectivity index (χ4n) is 2.62. The smallest absolute Gasteiger partial charge is 0.163 e. The van der Waals surface area contributed by atoms with Crippen LogP contribution in [0.4, 0.5) is 0 Å². The summed E-state index contributed by atoms with van der Waals surface area (Å²) >= 11 is 0. The van der Waals surface area contributed by atoms with Crippen LogP contribution in [-0.4, -0.2) is 18.3 Å². The first kappa shape index (κ1) is 15.9. The number of benzene rings is 2. The third-order valence-electron chi connectivity index (χ3n) is 3.83. The van der Waals surface area contributed by atoms with Crippen molar-refractivity contribution < 1.29 is 20.4 Å². The van der Waals surface area contributed by atoms with Crippen molar-refractivity contribution in [3.63, 3.8) is 0 Å². The van der Waals surface area contributed by atoms with Gasteiger partial charge >= 0.3 is 0 Å². The summed E-state index contributed by atoms with van der Waals surface area (Å²) in [6.45, 7) is 0.184. The second-order valence-electron chi connectivity index (χ2n) is 5.22. The van der Waals surface area contributed by atoms with Gasteiger partial charge < -0.3 is 15.6 Å². The number of carboxylic acids is 1. The summed E-state index contributed by atoms with van der Waals surface area (Å²) in [5.41, 5.74) is 5.11. The second kappa shape index (κ2) is 7.52. The number of hydrogen-bond acceptors (Lipinski definition) is 3. The number of quaternary nitrogens is 1. The van der Waals surface area contributed by atoms with E-state index in [9.17, 15) is 14.7 Å². The van der Waals surface area contributed by atoms with Gasteiger partial charge in [0.1, 0.15) is 0 Å². The van der Waals surface area contributed by atoms with Crippen molar-refractivity contribution >= 4 is 11.8 Å². The number of hydrogen-bond donors (Lipinski definition) is 1. The summed E-state index contributed by atoms with van der Waals surface area (Å²) < 4.78 is 0. The quantitative estimate of drug-likeness (QED) is 0.762. The predicted octanol–water partition coefficient (Wildman–Crippen LogP) is 0.651. The normalized spacial score (nSPS) is 13.3. The van der Waals surface area contributed by atoms with E-state index >= 15 is 0 Å². The lowest BCUT2D eigenvalue weighted by Gasteiger charge is -2.25. The standard InChI is InChI=1S/C18H19NO3/c19-12-16(18(21)22)15(13-7-3-1-4-8-13)11-17(20)14-9-5-2-6-10-14/h1-10,15-16H,11-12,19H2,(H,21,22)/t15-,16-/m1/s1. The average Bonchev–Trinajstić information content (AvgIpc) is 2.55. The van der Waals surface area contributed by atoms with Crippen LogP contribution in [0.2, 0.25) is 0 Å². The van der Waals surface area contributed by atoms with Crippen molar-refractivity contribution in [1.82, 2.24) is 0 Å². The van der Waals surface area contributed by atoms with E-state index < -0.39 is 17.8 Å². The molecule has 114 valence electrons. The Morgan fingerprint density at radius 3 is 2.00 bits per heavy atom. The lowest BCUT2D eigenvalue weighted by Crippen LogP contribution is -2.58. The highest BCUT2D eigenvalue weighted by molar-refractivity contribution is 5.96. The van der Waals surface area contributed by atoms with Gasteiger partial charge in [-0.15, -0.1) is 0 Å². The number of aliphatic carboxylic acids is 1. The number of rotatable bonds is 7. The zero-order chi connectivity index (χ0) is 15.9. The minimum absolute atomic E-state index is 0.0749. The molecule has 0 fully saturated rings. The number of Topliss-reactive ketones (excluding diaryl/α,β-unsaturated/α-hetero) is 1. The predicted molar refractivity (Wildman–Crippen MR) is 80.8 cm³/mol. The van der Waals surface area contributed by atoms with E-state index in [2.05, 4.69) is 5.73 Å². The van der Waals surface area contributed by atoms with Gasteiger partial charge in [-0.25, -0.2) is 0 Å². The first-order chi connectivity index (χ1) is 10.6. The monoisotopic (exact) mass is 297 g/mol. The van der Waals surface area contributed by atoms with Gasteiger partial charge in [0.2, 0.25) is 0 Å². The van der Waals surface area contributed by atoms with Crippen LogP contribution in [0.1, 0.15) is 28.3 Å². The molecule has 4 heteroatoms. The van der Waals surface area contributed by atoms with Crippen LogP contribution in [0.15, 0.2) is 60.7 Å². The summed E-state index contributed by atoms with van der Waals surface area (Å²) in [7, 11) is 0. The topological polar surface area (TPSA) is 84.8 Å². The molecule has 0 amide bonds. The van der Waals surface area contributed by atoms with Crippen LogP contribution in [0.3, 0.4) is 0 Å². The molecule has 2 rings (SSSR count). The number of carboxylic acid groups (broad SMARTS) is 1. The number of carbonyl (C=O) groups is 2. The largest absolute Gasteiger partial charge is 0.550 e. The number of ketones is 1. The third-order valence-corrected chi connectivity index (χ3v) is 3.83. The molecule has 0 aliphatic carbocycles. The zero-order valence-corrected chi connectivity index (χ0v) is 12.3.